The third-order valence-electron chi connectivity index (χ3n) is 3.80. The van der Waals surface area contributed by atoms with Crippen molar-refractivity contribution in [3.63, 3.8) is 0 Å². The number of ether oxygens (including phenoxy) is 1. The van der Waals surface area contributed by atoms with Crippen LogP contribution in [0.4, 0.5) is 26.3 Å². The lowest BCUT2D eigenvalue weighted by atomic mass is 10.0. The first-order valence-corrected chi connectivity index (χ1v) is 8.48. The summed E-state index contributed by atoms with van der Waals surface area (Å²) in [5.41, 5.74) is -2.16. The van der Waals surface area contributed by atoms with Crippen LogP contribution in [0.2, 0.25) is 0 Å². The molecule has 0 saturated carbocycles. The van der Waals surface area contributed by atoms with Crippen molar-refractivity contribution in [3.05, 3.63) is 70.8 Å². The molecule has 0 aliphatic carbocycles. The second kappa shape index (κ2) is 9.79. The van der Waals surface area contributed by atoms with Gasteiger partial charge in [0.05, 0.1) is 24.3 Å². The molecule has 2 aromatic rings. The van der Waals surface area contributed by atoms with E-state index in [1.54, 1.807) is 35.8 Å². The number of carboxylic acids is 1. The van der Waals surface area contributed by atoms with Gasteiger partial charge in [0.1, 0.15) is 0 Å². The summed E-state index contributed by atoms with van der Waals surface area (Å²) in [6, 6.07) is 8.82. The van der Waals surface area contributed by atoms with E-state index >= 15 is 0 Å². The Morgan fingerprint density at radius 3 is 1.97 bits per heavy atom. The van der Waals surface area contributed by atoms with E-state index in [2.05, 4.69) is 4.84 Å². The molecule has 0 spiro atoms. The smallest absolute Gasteiger partial charge is 0.416 e. The Hall–Kier alpha value is -3.12. The van der Waals surface area contributed by atoms with Crippen LogP contribution in [0.1, 0.15) is 27.0 Å². The molecule has 31 heavy (non-hydrogen) atoms. The molecule has 2 rings (SSSR count). The molecule has 0 aliphatic rings. The summed E-state index contributed by atoms with van der Waals surface area (Å²) in [7, 11) is 0. The van der Waals surface area contributed by atoms with E-state index in [-0.39, 0.29) is 24.8 Å². The van der Waals surface area contributed by atoms with Crippen molar-refractivity contribution in [1.29, 1.82) is 0 Å². The third kappa shape index (κ3) is 7.26. The van der Waals surface area contributed by atoms with Gasteiger partial charge in [0.25, 0.3) is 5.91 Å². The number of rotatable bonds is 8. The van der Waals surface area contributed by atoms with Crippen LogP contribution in [0.15, 0.2) is 48.5 Å². The van der Waals surface area contributed by atoms with Crippen LogP contribution in [0.5, 0.6) is 0 Å². The van der Waals surface area contributed by atoms with Crippen LogP contribution in [-0.4, -0.2) is 29.7 Å². The number of aliphatic carboxylic acids is 1. The lowest BCUT2D eigenvalue weighted by molar-refractivity contribution is -0.159. The molecule has 0 aromatic heterocycles. The largest absolute Gasteiger partial charge is 0.479 e. The van der Waals surface area contributed by atoms with Crippen molar-refractivity contribution < 1.29 is 50.6 Å². The number of alkyl halides is 6. The summed E-state index contributed by atoms with van der Waals surface area (Å²) < 4.78 is 82.4. The number of carboxylic acid groups (broad SMARTS) is 1. The van der Waals surface area contributed by atoms with E-state index in [4.69, 9.17) is 9.84 Å². The average molecular weight is 451 g/mol. The van der Waals surface area contributed by atoms with Gasteiger partial charge in [0.15, 0.2) is 0 Å². The minimum Gasteiger partial charge on any atom is -0.479 e. The molecule has 12 heteroatoms. The number of hydrogen-bond donors (Lipinski definition) is 2. The quantitative estimate of drug-likeness (QED) is 0.467. The summed E-state index contributed by atoms with van der Waals surface area (Å²) in [5, 5.41) is 9.10. The number of benzene rings is 2. The molecule has 2 aromatic carbocycles. The SMILES string of the molecule is O=C(NO[C@H](COCc1ccccc1)C(=O)O)c1cc(C(F)(F)F)cc(C(F)(F)F)c1. The first-order valence-electron chi connectivity index (χ1n) is 8.48. The van der Waals surface area contributed by atoms with Crippen LogP contribution in [0, 0.1) is 0 Å². The maximum atomic E-state index is 12.9. The Morgan fingerprint density at radius 2 is 1.48 bits per heavy atom. The van der Waals surface area contributed by atoms with Crippen molar-refractivity contribution in [2.75, 3.05) is 6.61 Å². The molecule has 0 aliphatic heterocycles. The molecule has 0 bridgehead atoms. The van der Waals surface area contributed by atoms with Gasteiger partial charge in [-0.3, -0.25) is 9.63 Å². The molecular formula is C19H15F6NO5. The molecule has 1 amide bonds. The zero-order valence-electron chi connectivity index (χ0n) is 15.5. The van der Waals surface area contributed by atoms with Gasteiger partial charge in [0.2, 0.25) is 6.10 Å². The minimum atomic E-state index is -5.15. The molecule has 0 fully saturated rings. The second-order valence-corrected chi connectivity index (χ2v) is 6.17. The van der Waals surface area contributed by atoms with Crippen LogP contribution >= 0.6 is 0 Å². The fourth-order valence-corrected chi connectivity index (χ4v) is 2.28. The van der Waals surface area contributed by atoms with Gasteiger partial charge in [-0.1, -0.05) is 30.3 Å². The molecule has 0 radical (unpaired) electrons. The van der Waals surface area contributed by atoms with Gasteiger partial charge in [-0.2, -0.15) is 26.3 Å². The fraction of sp³-hybridized carbons (Fsp3) is 0.263. The second-order valence-electron chi connectivity index (χ2n) is 6.17. The summed E-state index contributed by atoms with van der Waals surface area (Å²) in [6.07, 6.45) is -12.1. The predicted octanol–water partition coefficient (Wildman–Crippen LogP) is 4.06. The fourth-order valence-electron chi connectivity index (χ4n) is 2.28. The van der Waals surface area contributed by atoms with Crippen LogP contribution in [0.25, 0.3) is 0 Å². The highest BCUT2D eigenvalue weighted by atomic mass is 19.4. The molecule has 168 valence electrons. The first kappa shape index (κ1) is 24.2. The lowest BCUT2D eigenvalue weighted by Crippen LogP contribution is -2.37. The molecule has 2 N–H and O–H groups in total. The molecule has 0 heterocycles. The van der Waals surface area contributed by atoms with Crippen molar-refractivity contribution in [3.8, 4) is 0 Å². The van der Waals surface area contributed by atoms with E-state index in [1.807, 2.05) is 0 Å². The van der Waals surface area contributed by atoms with Crippen molar-refractivity contribution >= 4 is 11.9 Å². The van der Waals surface area contributed by atoms with E-state index < -0.39 is 53.6 Å². The number of halogens is 6. The maximum Gasteiger partial charge on any atom is 0.416 e. The standard InChI is InChI=1S/C19H15F6NO5/c20-18(21,22)13-6-12(7-14(8-13)19(23,24)25)16(27)26-31-15(17(28)29)10-30-9-11-4-2-1-3-5-11/h1-8,15H,9-10H2,(H,26,27)(H,28,29)/t15-/m1/s1. The van der Waals surface area contributed by atoms with E-state index in [1.165, 1.54) is 0 Å². The number of nitrogens with one attached hydrogen (secondary N) is 1. The first-order chi connectivity index (χ1) is 14.4. The predicted molar refractivity (Wildman–Crippen MR) is 92.5 cm³/mol. The summed E-state index contributed by atoms with van der Waals surface area (Å²) >= 11 is 0. The van der Waals surface area contributed by atoms with Crippen LogP contribution in [-0.2, 0) is 33.3 Å². The zero-order chi connectivity index (χ0) is 23.2. The Morgan fingerprint density at radius 1 is 0.935 bits per heavy atom. The van der Waals surface area contributed by atoms with E-state index in [0.717, 1.165) is 0 Å². The van der Waals surface area contributed by atoms with E-state index in [0.29, 0.717) is 5.56 Å². The Bertz CT molecular complexity index is 882. The highest BCUT2D eigenvalue weighted by Crippen LogP contribution is 2.36. The van der Waals surface area contributed by atoms with Gasteiger partial charge in [-0.05, 0) is 23.8 Å². The van der Waals surface area contributed by atoms with Crippen molar-refractivity contribution in [1.82, 2.24) is 5.48 Å². The number of carbonyl (C=O) groups is 2. The normalized spacial score (nSPS) is 13.0. The Kier molecular flexibility index (Phi) is 7.63. The average Bonchev–Trinajstić information content (AvgIpc) is 2.69. The van der Waals surface area contributed by atoms with E-state index in [9.17, 15) is 35.9 Å². The van der Waals surface area contributed by atoms with Gasteiger partial charge < -0.3 is 9.84 Å². The summed E-state index contributed by atoms with van der Waals surface area (Å²) in [6.45, 7) is -0.550. The van der Waals surface area contributed by atoms with Crippen LogP contribution < -0.4 is 5.48 Å². The van der Waals surface area contributed by atoms with Crippen molar-refractivity contribution in [2.45, 2.75) is 25.1 Å². The molecule has 0 saturated heterocycles. The summed E-state index contributed by atoms with van der Waals surface area (Å²) in [5.74, 6) is -3.07. The molecule has 0 unspecified atom stereocenters. The summed E-state index contributed by atoms with van der Waals surface area (Å²) in [4.78, 5) is 27.9. The van der Waals surface area contributed by atoms with Crippen LogP contribution in [0.3, 0.4) is 0 Å². The van der Waals surface area contributed by atoms with Gasteiger partial charge >= 0.3 is 18.3 Å². The van der Waals surface area contributed by atoms with Crippen molar-refractivity contribution in [2.24, 2.45) is 0 Å². The minimum absolute atomic E-state index is 0.00446. The number of carbonyl (C=O) groups excluding carboxylic acids is 1. The molecule has 6 nitrogen and oxygen atoms in total. The monoisotopic (exact) mass is 451 g/mol. The Balaban J connectivity index is 2.07. The zero-order valence-corrected chi connectivity index (χ0v) is 15.5. The third-order valence-corrected chi connectivity index (χ3v) is 3.80. The lowest BCUT2D eigenvalue weighted by Gasteiger charge is -2.16. The highest BCUT2D eigenvalue weighted by molar-refractivity contribution is 5.94. The number of hydroxylamine groups is 1. The Labute approximate surface area is 171 Å². The van der Waals surface area contributed by atoms with Gasteiger partial charge in [-0.15, -0.1) is 0 Å². The maximum absolute atomic E-state index is 12.9. The molecular weight excluding hydrogens is 436 g/mol. The van der Waals surface area contributed by atoms with Gasteiger partial charge in [0, 0.05) is 5.56 Å². The topological polar surface area (TPSA) is 84.9 Å². The highest BCUT2D eigenvalue weighted by Gasteiger charge is 2.37. The number of hydrogen-bond acceptors (Lipinski definition) is 4. The molecule has 1 atom stereocenters. The number of amides is 1. The van der Waals surface area contributed by atoms with Gasteiger partial charge in [-0.25, -0.2) is 10.3 Å².